The van der Waals surface area contributed by atoms with Crippen molar-refractivity contribution in [2.45, 2.75) is 26.5 Å². The highest BCUT2D eigenvalue weighted by Gasteiger charge is 2.32. The van der Waals surface area contributed by atoms with E-state index in [1.807, 2.05) is 18.2 Å². The number of para-hydroxylation sites is 1. The van der Waals surface area contributed by atoms with Crippen molar-refractivity contribution in [1.29, 1.82) is 0 Å². The fourth-order valence-electron chi connectivity index (χ4n) is 4.15. The molecular weight excluding hydrogens is 599 g/mol. The minimum absolute atomic E-state index is 0.219. The number of esters is 1. The Balaban J connectivity index is 1.41. The van der Waals surface area contributed by atoms with Gasteiger partial charge in [-0.2, -0.15) is 5.10 Å². The smallest absolute Gasteiger partial charge is 0.338 e. The molecule has 9 nitrogen and oxygen atoms in total. The number of hydrazone groups is 1. The van der Waals surface area contributed by atoms with Gasteiger partial charge in [0.1, 0.15) is 18.1 Å². The number of halogens is 2. The van der Waals surface area contributed by atoms with Crippen LogP contribution >= 0.6 is 35.4 Å². The van der Waals surface area contributed by atoms with Crippen molar-refractivity contribution in [3.8, 4) is 11.5 Å². The number of amides is 1. The fraction of sp³-hybridized carbons (Fsp3) is 0.200. The summed E-state index contributed by atoms with van der Waals surface area (Å²) in [6.45, 7) is 3.64. The molecule has 0 aromatic heterocycles. The summed E-state index contributed by atoms with van der Waals surface area (Å²) in [7, 11) is 0. The predicted octanol–water partition coefficient (Wildman–Crippen LogP) is 5.46. The van der Waals surface area contributed by atoms with Gasteiger partial charge in [-0.15, -0.1) is 0 Å². The van der Waals surface area contributed by atoms with E-state index < -0.39 is 17.9 Å². The first-order valence-electron chi connectivity index (χ1n) is 12.9. The molecule has 0 unspecified atom stereocenters. The SMILES string of the molecule is CCOC(=O)C1=C(C)NC(=S)N[C@@H]1c1ccccc1OCC(=O)NN=Cc1cc(Cl)ccc1OCc1cccc(Cl)c1. The maximum atomic E-state index is 12.7. The van der Waals surface area contributed by atoms with E-state index in [9.17, 15) is 9.59 Å². The van der Waals surface area contributed by atoms with Gasteiger partial charge in [0.05, 0.1) is 24.4 Å². The van der Waals surface area contributed by atoms with Crippen molar-refractivity contribution < 1.29 is 23.8 Å². The van der Waals surface area contributed by atoms with E-state index in [-0.39, 0.29) is 19.8 Å². The van der Waals surface area contributed by atoms with Crippen molar-refractivity contribution in [1.82, 2.24) is 16.1 Å². The molecule has 42 heavy (non-hydrogen) atoms. The zero-order valence-electron chi connectivity index (χ0n) is 22.8. The van der Waals surface area contributed by atoms with Crippen molar-refractivity contribution in [2.75, 3.05) is 13.2 Å². The second-order valence-electron chi connectivity index (χ2n) is 9.01. The Labute approximate surface area is 258 Å². The molecule has 1 aliphatic rings. The monoisotopic (exact) mass is 626 g/mol. The average molecular weight is 628 g/mol. The molecule has 0 spiro atoms. The topological polar surface area (TPSA) is 110 Å². The van der Waals surface area contributed by atoms with E-state index in [2.05, 4.69) is 21.2 Å². The number of carbonyl (C=O) groups excluding carboxylic acids is 2. The number of ether oxygens (including phenoxy) is 3. The standard InChI is InChI=1S/C30H28Cl2N4O5S/c1-3-39-29(38)27-18(2)34-30(42)35-28(27)23-9-4-5-10-25(23)41-17-26(37)36-33-15-20-14-22(32)11-12-24(20)40-16-19-7-6-8-21(31)13-19/h4-15,28H,3,16-17H2,1-2H3,(H,36,37)(H2,34,35,42)/t28-/m1/s1. The summed E-state index contributed by atoms with van der Waals surface area (Å²) in [5.41, 5.74) is 5.46. The van der Waals surface area contributed by atoms with Gasteiger partial charge in [-0.3, -0.25) is 4.79 Å². The molecule has 218 valence electrons. The Bertz CT molecular complexity index is 1550. The molecule has 4 rings (SSSR count). The van der Waals surface area contributed by atoms with Crippen LogP contribution in [0.15, 0.2) is 83.1 Å². The number of carbonyl (C=O) groups is 2. The van der Waals surface area contributed by atoms with Crippen LogP contribution in [0.4, 0.5) is 0 Å². The number of allylic oxidation sites excluding steroid dienone is 1. The lowest BCUT2D eigenvalue weighted by Gasteiger charge is -2.30. The number of nitrogens with zero attached hydrogens (tertiary/aromatic N) is 1. The third kappa shape index (κ3) is 8.22. The number of benzene rings is 3. The molecule has 3 aromatic rings. The van der Waals surface area contributed by atoms with Crippen molar-refractivity contribution >= 4 is 58.6 Å². The van der Waals surface area contributed by atoms with Crippen LogP contribution in [0, 0.1) is 0 Å². The first kappa shape index (κ1) is 30.8. The van der Waals surface area contributed by atoms with Gasteiger partial charge in [0.15, 0.2) is 11.7 Å². The van der Waals surface area contributed by atoms with E-state index in [4.69, 9.17) is 49.6 Å². The number of hydrogen-bond acceptors (Lipinski definition) is 7. The zero-order valence-corrected chi connectivity index (χ0v) is 25.1. The Kier molecular flexibility index (Phi) is 10.8. The summed E-state index contributed by atoms with van der Waals surface area (Å²) in [6, 6.07) is 18.8. The van der Waals surface area contributed by atoms with E-state index >= 15 is 0 Å². The van der Waals surface area contributed by atoms with E-state index in [1.165, 1.54) is 6.21 Å². The quantitative estimate of drug-likeness (QED) is 0.111. The van der Waals surface area contributed by atoms with Crippen LogP contribution in [-0.4, -0.2) is 36.4 Å². The third-order valence-electron chi connectivity index (χ3n) is 6.00. The molecule has 0 saturated heterocycles. The summed E-state index contributed by atoms with van der Waals surface area (Å²) in [5.74, 6) is -0.0763. The van der Waals surface area contributed by atoms with Crippen molar-refractivity contribution in [3.63, 3.8) is 0 Å². The molecule has 3 aromatic carbocycles. The summed E-state index contributed by atoms with van der Waals surface area (Å²) in [6.07, 6.45) is 1.43. The lowest BCUT2D eigenvalue weighted by atomic mass is 9.95. The maximum Gasteiger partial charge on any atom is 0.338 e. The number of thiocarbonyl (C=S) groups is 1. The van der Waals surface area contributed by atoms with Gasteiger partial charge in [-0.05, 0) is 68.0 Å². The highest BCUT2D eigenvalue weighted by atomic mass is 35.5. The van der Waals surface area contributed by atoms with Gasteiger partial charge in [-0.25, -0.2) is 10.2 Å². The largest absolute Gasteiger partial charge is 0.488 e. The van der Waals surface area contributed by atoms with Crippen LogP contribution in [0.2, 0.25) is 10.0 Å². The van der Waals surface area contributed by atoms with Crippen LogP contribution in [-0.2, 0) is 20.9 Å². The first-order valence-corrected chi connectivity index (χ1v) is 14.1. The van der Waals surface area contributed by atoms with E-state index in [0.29, 0.717) is 49.1 Å². The number of hydrogen-bond donors (Lipinski definition) is 3. The van der Waals surface area contributed by atoms with Gasteiger partial charge in [-0.1, -0.05) is 53.5 Å². The van der Waals surface area contributed by atoms with Gasteiger partial charge >= 0.3 is 5.97 Å². The molecule has 1 aliphatic heterocycles. The normalized spacial score (nSPS) is 14.7. The lowest BCUT2D eigenvalue weighted by Crippen LogP contribution is -2.45. The second kappa shape index (κ2) is 14.7. The minimum atomic E-state index is -0.636. The second-order valence-corrected chi connectivity index (χ2v) is 10.3. The van der Waals surface area contributed by atoms with Crippen molar-refractivity contribution in [2.24, 2.45) is 5.10 Å². The average Bonchev–Trinajstić information content (AvgIpc) is 2.95. The summed E-state index contributed by atoms with van der Waals surface area (Å²) in [5, 5.41) is 11.5. The Hall–Kier alpha value is -4.12. The molecule has 12 heteroatoms. The highest BCUT2D eigenvalue weighted by molar-refractivity contribution is 7.80. The molecule has 1 atom stereocenters. The van der Waals surface area contributed by atoms with Crippen LogP contribution in [0.25, 0.3) is 0 Å². The lowest BCUT2D eigenvalue weighted by molar-refractivity contribution is -0.139. The van der Waals surface area contributed by atoms with Crippen LogP contribution in [0.5, 0.6) is 11.5 Å². The van der Waals surface area contributed by atoms with Gasteiger partial charge < -0.3 is 24.8 Å². The fourth-order valence-corrected chi connectivity index (χ4v) is 4.81. The minimum Gasteiger partial charge on any atom is -0.488 e. The molecule has 1 heterocycles. The predicted molar refractivity (Wildman–Crippen MR) is 166 cm³/mol. The van der Waals surface area contributed by atoms with Crippen LogP contribution < -0.4 is 25.5 Å². The number of nitrogens with one attached hydrogen (secondary N) is 3. The van der Waals surface area contributed by atoms with Gasteiger partial charge in [0.25, 0.3) is 5.91 Å². The van der Waals surface area contributed by atoms with Gasteiger partial charge in [0.2, 0.25) is 0 Å². The molecule has 0 fully saturated rings. The zero-order chi connectivity index (χ0) is 30.1. The van der Waals surface area contributed by atoms with Crippen LogP contribution in [0.3, 0.4) is 0 Å². The number of rotatable bonds is 11. The molecule has 1 amide bonds. The molecule has 0 bridgehead atoms. The van der Waals surface area contributed by atoms with Crippen LogP contribution in [0.1, 0.15) is 36.6 Å². The third-order valence-corrected chi connectivity index (χ3v) is 6.69. The van der Waals surface area contributed by atoms with Gasteiger partial charge in [0, 0.05) is 26.9 Å². The van der Waals surface area contributed by atoms with Crippen molar-refractivity contribution in [3.05, 3.63) is 105 Å². The molecule has 0 saturated carbocycles. The molecule has 3 N–H and O–H groups in total. The summed E-state index contributed by atoms with van der Waals surface area (Å²) in [4.78, 5) is 25.3. The Morgan fingerprint density at radius 3 is 2.60 bits per heavy atom. The maximum absolute atomic E-state index is 12.7. The first-order chi connectivity index (χ1) is 20.2. The molecule has 0 radical (unpaired) electrons. The summed E-state index contributed by atoms with van der Waals surface area (Å²) >= 11 is 17.5. The highest BCUT2D eigenvalue weighted by Crippen LogP contribution is 2.33. The molecule has 0 aliphatic carbocycles. The Morgan fingerprint density at radius 2 is 1.81 bits per heavy atom. The van der Waals surface area contributed by atoms with E-state index in [0.717, 1.165) is 5.56 Å². The molecular formula is C30H28Cl2N4O5S. The van der Waals surface area contributed by atoms with E-state index in [1.54, 1.807) is 62.4 Å². The summed E-state index contributed by atoms with van der Waals surface area (Å²) < 4.78 is 17.0. The Morgan fingerprint density at radius 1 is 1.02 bits per heavy atom.